The van der Waals surface area contributed by atoms with Crippen molar-refractivity contribution in [2.75, 3.05) is 6.61 Å². The van der Waals surface area contributed by atoms with Crippen LogP contribution >= 0.6 is 0 Å². The quantitative estimate of drug-likeness (QED) is 0.721. The number of ether oxygens (including phenoxy) is 1. The third kappa shape index (κ3) is 3.57. The smallest absolute Gasteiger partial charge is 0.232 e. The van der Waals surface area contributed by atoms with E-state index >= 15 is 0 Å². The van der Waals surface area contributed by atoms with Gasteiger partial charge in [0.2, 0.25) is 5.89 Å². The lowest BCUT2D eigenvalue weighted by Crippen LogP contribution is -2.14. The van der Waals surface area contributed by atoms with Gasteiger partial charge in [-0.25, -0.2) is 0 Å². The maximum Gasteiger partial charge on any atom is 0.232 e. The average molecular weight is 228 g/mol. The van der Waals surface area contributed by atoms with Gasteiger partial charge in [0.25, 0.3) is 0 Å². The minimum absolute atomic E-state index is 0.127. The van der Waals surface area contributed by atoms with Crippen molar-refractivity contribution in [2.45, 2.75) is 52.2 Å². The lowest BCUT2D eigenvalue weighted by molar-refractivity contribution is 0.114. The summed E-state index contributed by atoms with van der Waals surface area (Å²) < 4.78 is 10.4. The van der Waals surface area contributed by atoms with Crippen LogP contribution in [-0.2, 0) is 11.3 Å². The largest absolute Gasteiger partial charge is 0.392 e. The second-order valence-corrected chi connectivity index (χ2v) is 3.87. The minimum Gasteiger partial charge on any atom is -0.392 e. The zero-order valence-electron chi connectivity index (χ0n) is 10.1. The van der Waals surface area contributed by atoms with Crippen molar-refractivity contribution in [1.29, 1.82) is 0 Å². The number of aliphatic hydroxyl groups excluding tert-OH is 1. The molecule has 0 bridgehead atoms. The van der Waals surface area contributed by atoms with Crippen LogP contribution in [0.5, 0.6) is 0 Å². The van der Waals surface area contributed by atoms with E-state index in [2.05, 4.69) is 10.1 Å². The number of hydrogen-bond acceptors (Lipinski definition) is 5. The first kappa shape index (κ1) is 13.1. The molecule has 5 heteroatoms. The van der Waals surface area contributed by atoms with Crippen LogP contribution in [0.4, 0.5) is 0 Å². The second kappa shape index (κ2) is 6.60. The van der Waals surface area contributed by atoms with E-state index in [0.29, 0.717) is 31.3 Å². The Labute approximate surface area is 95.8 Å². The van der Waals surface area contributed by atoms with Gasteiger partial charge in [0.05, 0.1) is 12.0 Å². The monoisotopic (exact) mass is 228 g/mol. The summed E-state index contributed by atoms with van der Waals surface area (Å²) in [6.45, 7) is 6.89. The molecule has 2 unspecified atom stereocenters. The minimum atomic E-state index is -0.440. The maximum atomic E-state index is 9.64. The summed E-state index contributed by atoms with van der Waals surface area (Å²) in [4.78, 5) is 4.19. The molecule has 2 atom stereocenters. The Balaban J connectivity index is 2.50. The Morgan fingerprint density at radius 2 is 2.19 bits per heavy atom. The standard InChI is InChI=1S/C11H20N2O3/c1-4-6-15-7-10-12-11(16-13-10)8(3)9(14)5-2/h8-9,14H,4-7H2,1-3H3. The SMILES string of the molecule is CCCOCc1noc(C(C)C(O)CC)n1. The molecule has 1 aromatic rings. The number of nitrogens with zero attached hydrogens (tertiary/aromatic N) is 2. The van der Waals surface area contributed by atoms with Gasteiger partial charge in [-0.1, -0.05) is 25.9 Å². The highest BCUT2D eigenvalue weighted by Gasteiger charge is 2.20. The molecule has 0 saturated heterocycles. The Kier molecular flexibility index (Phi) is 5.42. The van der Waals surface area contributed by atoms with Crippen LogP contribution in [0.25, 0.3) is 0 Å². The normalized spacial score (nSPS) is 15.0. The van der Waals surface area contributed by atoms with Gasteiger partial charge >= 0.3 is 0 Å². The molecule has 0 aliphatic rings. The van der Waals surface area contributed by atoms with E-state index in [1.165, 1.54) is 0 Å². The van der Waals surface area contributed by atoms with Crippen molar-refractivity contribution in [3.05, 3.63) is 11.7 Å². The van der Waals surface area contributed by atoms with Crippen LogP contribution in [0.15, 0.2) is 4.52 Å². The summed E-state index contributed by atoms with van der Waals surface area (Å²) in [5, 5.41) is 13.4. The van der Waals surface area contributed by atoms with Crippen molar-refractivity contribution in [2.24, 2.45) is 0 Å². The molecule has 0 saturated carbocycles. The van der Waals surface area contributed by atoms with E-state index in [1.807, 2.05) is 20.8 Å². The number of aliphatic hydroxyl groups is 1. The highest BCUT2D eigenvalue weighted by molar-refractivity contribution is 4.94. The molecule has 0 aliphatic carbocycles. The Morgan fingerprint density at radius 1 is 1.44 bits per heavy atom. The first-order chi connectivity index (χ1) is 7.69. The van der Waals surface area contributed by atoms with Gasteiger partial charge in [0, 0.05) is 6.61 Å². The lowest BCUT2D eigenvalue weighted by Gasteiger charge is -2.11. The Hall–Kier alpha value is -0.940. The summed E-state index contributed by atoms with van der Waals surface area (Å²) in [5.41, 5.74) is 0. The van der Waals surface area contributed by atoms with Crippen LogP contribution in [0, 0.1) is 0 Å². The zero-order valence-corrected chi connectivity index (χ0v) is 10.1. The van der Waals surface area contributed by atoms with Crippen LogP contribution in [0.2, 0.25) is 0 Å². The fraction of sp³-hybridized carbons (Fsp3) is 0.818. The molecule has 0 fully saturated rings. The number of rotatable bonds is 7. The average Bonchev–Trinajstić information content (AvgIpc) is 2.76. The molecule has 92 valence electrons. The van der Waals surface area contributed by atoms with Gasteiger partial charge in [-0.05, 0) is 12.8 Å². The molecule has 0 amide bonds. The lowest BCUT2D eigenvalue weighted by atomic mass is 10.0. The summed E-state index contributed by atoms with van der Waals surface area (Å²) in [5.74, 6) is 0.889. The second-order valence-electron chi connectivity index (χ2n) is 3.87. The Bertz CT molecular complexity index is 301. The molecule has 5 nitrogen and oxygen atoms in total. The van der Waals surface area contributed by atoms with E-state index in [9.17, 15) is 5.11 Å². The van der Waals surface area contributed by atoms with Gasteiger partial charge in [-0.15, -0.1) is 0 Å². The molecule has 0 aromatic carbocycles. The van der Waals surface area contributed by atoms with E-state index in [4.69, 9.17) is 9.26 Å². The molecular formula is C11H20N2O3. The van der Waals surface area contributed by atoms with Crippen LogP contribution in [-0.4, -0.2) is 28.0 Å². The molecule has 1 rings (SSSR count). The molecule has 0 spiro atoms. The first-order valence-electron chi connectivity index (χ1n) is 5.77. The van der Waals surface area contributed by atoms with Gasteiger partial charge < -0.3 is 14.4 Å². The van der Waals surface area contributed by atoms with Crippen molar-refractivity contribution < 1.29 is 14.4 Å². The van der Waals surface area contributed by atoms with E-state index in [-0.39, 0.29) is 5.92 Å². The van der Waals surface area contributed by atoms with Crippen molar-refractivity contribution in [3.63, 3.8) is 0 Å². The van der Waals surface area contributed by atoms with Crippen LogP contribution in [0.3, 0.4) is 0 Å². The van der Waals surface area contributed by atoms with E-state index < -0.39 is 6.10 Å². The number of aromatic nitrogens is 2. The van der Waals surface area contributed by atoms with Gasteiger partial charge in [0.15, 0.2) is 5.82 Å². The third-order valence-corrected chi connectivity index (χ3v) is 2.45. The predicted octanol–water partition coefficient (Wildman–Crippen LogP) is 1.87. The highest BCUT2D eigenvalue weighted by Crippen LogP contribution is 2.19. The fourth-order valence-corrected chi connectivity index (χ4v) is 1.34. The molecule has 1 aromatic heterocycles. The third-order valence-electron chi connectivity index (χ3n) is 2.45. The Morgan fingerprint density at radius 3 is 2.81 bits per heavy atom. The van der Waals surface area contributed by atoms with Gasteiger partial charge in [-0.2, -0.15) is 4.98 Å². The molecule has 0 aliphatic heterocycles. The van der Waals surface area contributed by atoms with Crippen LogP contribution in [0.1, 0.15) is 51.2 Å². The maximum absolute atomic E-state index is 9.64. The molecule has 1 N–H and O–H groups in total. The molecule has 0 radical (unpaired) electrons. The summed E-state index contributed by atoms with van der Waals surface area (Å²) in [6, 6.07) is 0. The summed E-state index contributed by atoms with van der Waals surface area (Å²) >= 11 is 0. The molecule has 16 heavy (non-hydrogen) atoms. The highest BCUT2D eigenvalue weighted by atomic mass is 16.5. The molecular weight excluding hydrogens is 208 g/mol. The van der Waals surface area contributed by atoms with Crippen LogP contribution < -0.4 is 0 Å². The number of hydrogen-bond donors (Lipinski definition) is 1. The summed E-state index contributed by atoms with van der Waals surface area (Å²) in [6.07, 6.45) is 1.20. The van der Waals surface area contributed by atoms with Gasteiger partial charge in [0.1, 0.15) is 6.61 Å². The predicted molar refractivity (Wildman–Crippen MR) is 59.0 cm³/mol. The van der Waals surface area contributed by atoms with E-state index in [1.54, 1.807) is 0 Å². The fourth-order valence-electron chi connectivity index (χ4n) is 1.34. The zero-order chi connectivity index (χ0) is 12.0. The topological polar surface area (TPSA) is 68.4 Å². The van der Waals surface area contributed by atoms with Gasteiger partial charge in [-0.3, -0.25) is 0 Å². The summed E-state index contributed by atoms with van der Waals surface area (Å²) in [7, 11) is 0. The van der Waals surface area contributed by atoms with Crippen molar-refractivity contribution in [1.82, 2.24) is 10.1 Å². The van der Waals surface area contributed by atoms with Crippen molar-refractivity contribution >= 4 is 0 Å². The molecule has 1 heterocycles. The van der Waals surface area contributed by atoms with Crippen molar-refractivity contribution in [3.8, 4) is 0 Å². The van der Waals surface area contributed by atoms with E-state index in [0.717, 1.165) is 6.42 Å². The first-order valence-corrected chi connectivity index (χ1v) is 5.77.